The maximum atomic E-state index is 6.34. The molecule has 26 heavy (non-hydrogen) atoms. The first kappa shape index (κ1) is 18.6. The molecule has 4 heteroatoms. The zero-order valence-corrected chi connectivity index (χ0v) is 17.1. The number of fused-ring (bicyclic) bond motifs is 1. The molecule has 1 N–H and O–H groups in total. The van der Waals surface area contributed by atoms with Crippen LogP contribution in [0.2, 0.25) is 0 Å². The first-order valence-electron chi connectivity index (χ1n) is 9.67. The molecule has 0 aromatic heterocycles. The zero-order valence-electron chi connectivity index (χ0n) is 17.1. The lowest BCUT2D eigenvalue weighted by Gasteiger charge is -2.31. The lowest BCUT2D eigenvalue weighted by molar-refractivity contribution is 0.0471. The fraction of sp³-hybridized carbons (Fsp3) is 0.500. The van der Waals surface area contributed by atoms with Gasteiger partial charge in [0.05, 0.1) is 11.8 Å². The van der Waals surface area contributed by atoms with Crippen LogP contribution < -0.4 is 5.32 Å². The summed E-state index contributed by atoms with van der Waals surface area (Å²) < 4.78 is 6.34. The van der Waals surface area contributed by atoms with Crippen LogP contribution in [0.1, 0.15) is 62.8 Å². The zero-order chi connectivity index (χ0) is 19.0. The summed E-state index contributed by atoms with van der Waals surface area (Å²) in [4.78, 5) is 7.06. The molecule has 0 spiro atoms. The molecule has 0 bridgehead atoms. The van der Waals surface area contributed by atoms with Crippen LogP contribution in [0.3, 0.4) is 0 Å². The summed E-state index contributed by atoms with van der Waals surface area (Å²) in [5.41, 5.74) is 7.17. The highest BCUT2D eigenvalue weighted by atomic mass is 16.5. The third-order valence-electron chi connectivity index (χ3n) is 5.17. The van der Waals surface area contributed by atoms with Crippen LogP contribution in [0, 0.1) is 20.8 Å². The molecule has 1 aromatic carbocycles. The van der Waals surface area contributed by atoms with Crippen molar-refractivity contribution in [3.63, 3.8) is 0 Å². The molecular formula is C22H31N3O. The van der Waals surface area contributed by atoms with E-state index in [1.165, 1.54) is 22.3 Å². The Hall–Kier alpha value is -2.23. The smallest absolute Gasteiger partial charge is 0.198 e. The van der Waals surface area contributed by atoms with E-state index in [9.17, 15) is 0 Å². The molecule has 0 radical (unpaired) electrons. The molecule has 0 saturated carbocycles. The normalized spacial score (nSPS) is 19.4. The number of nitrogens with zero attached hydrogens (tertiary/aromatic N) is 2. The van der Waals surface area contributed by atoms with Crippen LogP contribution in [0.5, 0.6) is 0 Å². The van der Waals surface area contributed by atoms with Gasteiger partial charge in [0.2, 0.25) is 0 Å². The number of aliphatic imine (C=N–C) groups is 1. The highest BCUT2D eigenvalue weighted by Crippen LogP contribution is 2.37. The minimum absolute atomic E-state index is 0.109. The van der Waals surface area contributed by atoms with Gasteiger partial charge in [0.15, 0.2) is 11.7 Å². The van der Waals surface area contributed by atoms with Gasteiger partial charge in [-0.2, -0.15) is 0 Å². The molecule has 0 aliphatic carbocycles. The Morgan fingerprint density at radius 1 is 1.12 bits per heavy atom. The molecule has 1 unspecified atom stereocenters. The van der Waals surface area contributed by atoms with Crippen molar-refractivity contribution in [2.75, 3.05) is 0 Å². The second kappa shape index (κ2) is 7.18. The predicted molar refractivity (Wildman–Crippen MR) is 109 cm³/mol. The molecular weight excluding hydrogens is 322 g/mol. The monoisotopic (exact) mass is 353 g/mol. The van der Waals surface area contributed by atoms with E-state index < -0.39 is 0 Å². The molecule has 1 aromatic rings. The van der Waals surface area contributed by atoms with E-state index in [0.29, 0.717) is 0 Å². The molecule has 2 aliphatic heterocycles. The van der Waals surface area contributed by atoms with E-state index in [2.05, 4.69) is 70.0 Å². The van der Waals surface area contributed by atoms with E-state index in [1.54, 1.807) is 0 Å². The molecule has 1 atom stereocenters. The summed E-state index contributed by atoms with van der Waals surface area (Å²) in [6.45, 7) is 15.0. The molecule has 2 aliphatic rings. The third-order valence-corrected chi connectivity index (χ3v) is 5.17. The van der Waals surface area contributed by atoms with Gasteiger partial charge in [-0.05, 0) is 58.6 Å². The van der Waals surface area contributed by atoms with Gasteiger partial charge >= 0.3 is 0 Å². The predicted octanol–water partition coefficient (Wildman–Crippen LogP) is 5.01. The van der Waals surface area contributed by atoms with Crippen molar-refractivity contribution in [1.82, 2.24) is 10.2 Å². The van der Waals surface area contributed by atoms with Gasteiger partial charge in [-0.3, -0.25) is 4.90 Å². The summed E-state index contributed by atoms with van der Waals surface area (Å²) in [6.07, 6.45) is 4.39. The lowest BCUT2D eigenvalue weighted by Crippen LogP contribution is -2.37. The molecule has 0 amide bonds. The highest BCUT2D eigenvalue weighted by Gasteiger charge is 2.36. The Morgan fingerprint density at radius 3 is 2.31 bits per heavy atom. The second-order valence-electron chi connectivity index (χ2n) is 7.45. The molecule has 4 nitrogen and oxygen atoms in total. The summed E-state index contributed by atoms with van der Waals surface area (Å²) >= 11 is 0. The fourth-order valence-electron chi connectivity index (χ4n) is 3.97. The van der Waals surface area contributed by atoms with Crippen molar-refractivity contribution in [1.29, 1.82) is 0 Å². The van der Waals surface area contributed by atoms with Crippen molar-refractivity contribution in [3.05, 3.63) is 52.2 Å². The van der Waals surface area contributed by atoms with E-state index in [0.717, 1.165) is 36.0 Å². The number of benzene rings is 1. The Bertz CT molecular complexity index is 777. The van der Waals surface area contributed by atoms with Crippen LogP contribution in [0.25, 0.3) is 5.70 Å². The summed E-state index contributed by atoms with van der Waals surface area (Å²) in [5.74, 6) is 1.87. The number of hydrogen-bond donors (Lipinski definition) is 1. The van der Waals surface area contributed by atoms with Gasteiger partial charge in [0, 0.05) is 17.4 Å². The summed E-state index contributed by atoms with van der Waals surface area (Å²) in [7, 11) is 0. The van der Waals surface area contributed by atoms with Crippen molar-refractivity contribution < 1.29 is 4.74 Å². The van der Waals surface area contributed by atoms with Gasteiger partial charge in [-0.25, -0.2) is 4.99 Å². The average molecular weight is 354 g/mol. The number of allylic oxidation sites excluding steroid dienone is 1. The van der Waals surface area contributed by atoms with Gasteiger partial charge in [0.25, 0.3) is 0 Å². The first-order valence-corrected chi connectivity index (χ1v) is 9.67. The van der Waals surface area contributed by atoms with Gasteiger partial charge in [0.1, 0.15) is 6.17 Å². The van der Waals surface area contributed by atoms with Crippen LogP contribution in [-0.4, -0.2) is 22.9 Å². The topological polar surface area (TPSA) is 36.9 Å². The van der Waals surface area contributed by atoms with Crippen LogP contribution in [0.15, 0.2) is 34.9 Å². The molecule has 2 heterocycles. The van der Waals surface area contributed by atoms with Crippen molar-refractivity contribution in [2.24, 2.45) is 4.99 Å². The van der Waals surface area contributed by atoms with Crippen molar-refractivity contribution >= 4 is 11.4 Å². The second-order valence-corrected chi connectivity index (χ2v) is 7.45. The van der Waals surface area contributed by atoms with E-state index in [1.807, 2.05) is 6.92 Å². The summed E-state index contributed by atoms with van der Waals surface area (Å²) in [5, 5.41) is 3.65. The third kappa shape index (κ3) is 3.25. The molecule has 0 saturated heterocycles. The molecule has 0 fully saturated rings. The molecule has 140 valence electrons. The van der Waals surface area contributed by atoms with Crippen molar-refractivity contribution in [2.45, 2.75) is 73.6 Å². The Balaban J connectivity index is 2.08. The van der Waals surface area contributed by atoms with E-state index in [-0.39, 0.29) is 12.3 Å². The maximum Gasteiger partial charge on any atom is 0.198 e. The van der Waals surface area contributed by atoms with E-state index >= 15 is 0 Å². The van der Waals surface area contributed by atoms with Gasteiger partial charge in [-0.15, -0.1) is 0 Å². The van der Waals surface area contributed by atoms with Crippen LogP contribution in [-0.2, 0) is 4.74 Å². The van der Waals surface area contributed by atoms with Crippen LogP contribution >= 0.6 is 0 Å². The number of rotatable bonds is 5. The maximum absolute atomic E-state index is 6.34. The highest BCUT2D eigenvalue weighted by molar-refractivity contribution is 5.96. The number of ether oxygens (including phenoxy) is 1. The van der Waals surface area contributed by atoms with Crippen LogP contribution in [0.4, 0.5) is 0 Å². The van der Waals surface area contributed by atoms with Crippen molar-refractivity contribution in [3.8, 4) is 0 Å². The Labute approximate surface area is 157 Å². The van der Waals surface area contributed by atoms with Gasteiger partial charge < -0.3 is 10.1 Å². The summed E-state index contributed by atoms with van der Waals surface area (Å²) in [6, 6.07) is 4.48. The molecule has 3 rings (SSSR count). The SMILES string of the molecule is CCC(CC)OC1=CC(C)=NC2=C(c3c(C)cc(C)cc3C)NC(C)N12. The largest absolute Gasteiger partial charge is 0.475 e. The van der Waals surface area contributed by atoms with Gasteiger partial charge in [-0.1, -0.05) is 31.5 Å². The number of hydrogen-bond acceptors (Lipinski definition) is 4. The fourth-order valence-corrected chi connectivity index (χ4v) is 3.97. The number of nitrogens with one attached hydrogen (secondary N) is 1. The minimum atomic E-state index is 0.109. The Morgan fingerprint density at radius 2 is 1.73 bits per heavy atom. The lowest BCUT2D eigenvalue weighted by atomic mass is 9.97. The standard InChI is InChI=1S/C22H31N3O/c1-8-18(9-2)26-19-12-16(6)23-22-21(24-17(7)25(19)22)20-14(4)10-13(3)11-15(20)5/h10-12,17-18,24H,8-9H2,1-7H3. The Kier molecular flexibility index (Phi) is 5.12. The van der Waals surface area contributed by atoms with E-state index in [4.69, 9.17) is 9.73 Å². The number of aryl methyl sites for hydroxylation is 3. The minimum Gasteiger partial charge on any atom is -0.475 e. The quantitative estimate of drug-likeness (QED) is 0.808. The first-order chi connectivity index (χ1) is 12.3. The average Bonchev–Trinajstić information content (AvgIpc) is 2.88.